The summed E-state index contributed by atoms with van der Waals surface area (Å²) in [5.74, 6) is -0.357. The van der Waals surface area contributed by atoms with Crippen molar-refractivity contribution < 1.29 is 13.2 Å². The fourth-order valence-corrected chi connectivity index (χ4v) is 5.19. The number of rotatable bonds is 6. The molecule has 9 heteroatoms. The van der Waals surface area contributed by atoms with Gasteiger partial charge >= 0.3 is 0 Å². The smallest absolute Gasteiger partial charge is 0.293 e. The summed E-state index contributed by atoms with van der Waals surface area (Å²) >= 11 is 0.827. The maximum Gasteiger partial charge on any atom is 0.293 e. The highest BCUT2D eigenvalue weighted by Crippen LogP contribution is 2.28. The van der Waals surface area contributed by atoms with Crippen molar-refractivity contribution in [1.82, 2.24) is 10.2 Å². The van der Waals surface area contributed by atoms with Crippen molar-refractivity contribution in [2.45, 2.75) is 25.1 Å². The number of hydrogen-bond acceptors (Lipinski definition) is 6. The van der Waals surface area contributed by atoms with Gasteiger partial charge in [-0.05, 0) is 50.1 Å². The van der Waals surface area contributed by atoms with E-state index in [1.54, 1.807) is 37.3 Å². The molecule has 0 aliphatic heterocycles. The summed E-state index contributed by atoms with van der Waals surface area (Å²) in [6, 6.07) is 14.3. The molecule has 1 aromatic heterocycles. The molecule has 0 saturated carbocycles. The molecule has 0 unspecified atom stereocenters. The van der Waals surface area contributed by atoms with Crippen molar-refractivity contribution >= 4 is 38.1 Å². The van der Waals surface area contributed by atoms with Gasteiger partial charge in [0, 0.05) is 12.1 Å². The van der Waals surface area contributed by atoms with Crippen LogP contribution in [0.5, 0.6) is 0 Å². The zero-order valence-electron chi connectivity index (χ0n) is 15.7. The van der Waals surface area contributed by atoms with E-state index in [-0.39, 0.29) is 21.9 Å². The van der Waals surface area contributed by atoms with Crippen LogP contribution in [0.15, 0.2) is 52.9 Å². The summed E-state index contributed by atoms with van der Waals surface area (Å²) in [5, 5.41) is 10.4. The number of benzene rings is 2. The largest absolute Gasteiger partial charge is 0.296 e. The van der Waals surface area contributed by atoms with Gasteiger partial charge in [-0.25, -0.2) is 0 Å². The van der Waals surface area contributed by atoms with Crippen LogP contribution < -0.4 is 9.62 Å². The Morgan fingerprint density at radius 3 is 2.54 bits per heavy atom. The second-order valence-corrected chi connectivity index (χ2v) is 9.16. The van der Waals surface area contributed by atoms with E-state index < -0.39 is 10.0 Å². The first kappa shape index (κ1) is 20.0. The van der Waals surface area contributed by atoms with Crippen LogP contribution in [0.1, 0.15) is 28.4 Å². The quantitative estimate of drug-likeness (QED) is 0.620. The summed E-state index contributed by atoms with van der Waals surface area (Å²) < 4.78 is 27.1. The molecule has 0 aliphatic rings. The Bertz CT molecular complexity index is 1110. The summed E-state index contributed by atoms with van der Waals surface area (Å²) in [4.78, 5) is 12.4. The Balaban J connectivity index is 1.85. The minimum Gasteiger partial charge on any atom is -0.296 e. The SMILES string of the molecule is CCN(c1cccc(C)c1)S(=O)(=O)c1nnc(NC(=O)c2ccccc2C)s1. The minimum absolute atomic E-state index is 0.132. The number of aromatic nitrogens is 2. The molecule has 0 atom stereocenters. The average molecular weight is 417 g/mol. The molecule has 0 fully saturated rings. The van der Waals surface area contributed by atoms with Crippen LogP contribution >= 0.6 is 11.3 Å². The number of nitrogens with zero attached hydrogens (tertiary/aromatic N) is 3. The second-order valence-electron chi connectivity index (χ2n) is 6.15. The monoisotopic (exact) mass is 416 g/mol. The zero-order chi connectivity index (χ0) is 20.3. The molecule has 2 aromatic carbocycles. The summed E-state index contributed by atoms with van der Waals surface area (Å²) in [5.41, 5.74) is 2.82. The van der Waals surface area contributed by atoms with Crippen molar-refractivity contribution in [3.63, 3.8) is 0 Å². The number of hydrogen-bond donors (Lipinski definition) is 1. The first-order chi connectivity index (χ1) is 13.3. The van der Waals surface area contributed by atoms with Gasteiger partial charge in [-0.2, -0.15) is 8.42 Å². The Kier molecular flexibility index (Phi) is 5.76. The Hall–Kier alpha value is -2.78. The van der Waals surface area contributed by atoms with Gasteiger partial charge < -0.3 is 0 Å². The third-order valence-electron chi connectivity index (χ3n) is 4.10. The number of sulfonamides is 1. The lowest BCUT2D eigenvalue weighted by Crippen LogP contribution is -2.30. The molecule has 0 bridgehead atoms. The van der Waals surface area contributed by atoms with Crippen LogP contribution in [-0.2, 0) is 10.0 Å². The molecular weight excluding hydrogens is 396 g/mol. The Labute approximate surface area is 168 Å². The van der Waals surface area contributed by atoms with Gasteiger partial charge in [0.1, 0.15) is 0 Å². The number of carbonyl (C=O) groups is 1. The summed E-state index contributed by atoms with van der Waals surface area (Å²) in [6.07, 6.45) is 0. The van der Waals surface area contributed by atoms with Crippen LogP contribution in [0.2, 0.25) is 0 Å². The van der Waals surface area contributed by atoms with Gasteiger partial charge in [-0.3, -0.25) is 14.4 Å². The molecule has 146 valence electrons. The van der Waals surface area contributed by atoms with Gasteiger partial charge in [-0.15, -0.1) is 10.2 Å². The first-order valence-electron chi connectivity index (χ1n) is 8.63. The first-order valence-corrected chi connectivity index (χ1v) is 10.9. The van der Waals surface area contributed by atoms with Crippen LogP contribution in [0.4, 0.5) is 10.8 Å². The zero-order valence-corrected chi connectivity index (χ0v) is 17.3. The third-order valence-corrected chi connectivity index (χ3v) is 7.19. The molecule has 0 aliphatic carbocycles. The van der Waals surface area contributed by atoms with Gasteiger partial charge in [0.05, 0.1) is 5.69 Å². The number of anilines is 2. The topological polar surface area (TPSA) is 92.3 Å². The fraction of sp³-hybridized carbons (Fsp3) is 0.211. The molecule has 0 spiro atoms. The molecule has 1 amide bonds. The molecule has 3 aromatic rings. The van der Waals surface area contributed by atoms with Gasteiger partial charge in [0.15, 0.2) is 0 Å². The molecule has 0 saturated heterocycles. The van der Waals surface area contributed by atoms with Crippen LogP contribution in [0.25, 0.3) is 0 Å². The van der Waals surface area contributed by atoms with Gasteiger partial charge in [0.25, 0.3) is 20.3 Å². The highest BCUT2D eigenvalue weighted by Gasteiger charge is 2.28. The molecule has 1 heterocycles. The average Bonchev–Trinajstić information content (AvgIpc) is 3.12. The van der Waals surface area contributed by atoms with Crippen molar-refractivity contribution in [1.29, 1.82) is 0 Å². The lowest BCUT2D eigenvalue weighted by atomic mass is 10.1. The fourth-order valence-electron chi connectivity index (χ4n) is 2.73. The standard InChI is InChI=1S/C19H20N4O3S2/c1-4-23(15-10-7-8-13(2)12-15)28(25,26)19-22-21-18(27-19)20-17(24)16-11-6-5-9-14(16)3/h5-12H,4H2,1-3H3,(H,20,21,24). The molecule has 0 radical (unpaired) electrons. The van der Waals surface area contributed by atoms with E-state index in [1.807, 2.05) is 32.0 Å². The molecule has 1 N–H and O–H groups in total. The molecule has 7 nitrogen and oxygen atoms in total. The second kappa shape index (κ2) is 8.07. The normalized spacial score (nSPS) is 11.2. The lowest BCUT2D eigenvalue weighted by molar-refractivity contribution is 0.102. The van der Waals surface area contributed by atoms with E-state index in [2.05, 4.69) is 15.5 Å². The van der Waals surface area contributed by atoms with Gasteiger partial charge in [-0.1, -0.05) is 41.7 Å². The van der Waals surface area contributed by atoms with Crippen molar-refractivity contribution in [2.75, 3.05) is 16.2 Å². The molecule has 3 rings (SSSR count). The van der Waals surface area contributed by atoms with E-state index in [9.17, 15) is 13.2 Å². The van der Waals surface area contributed by atoms with E-state index in [4.69, 9.17) is 0 Å². The van der Waals surface area contributed by atoms with Crippen LogP contribution in [-0.4, -0.2) is 31.1 Å². The minimum atomic E-state index is -3.88. The van der Waals surface area contributed by atoms with Crippen molar-refractivity contribution in [3.8, 4) is 0 Å². The number of nitrogens with one attached hydrogen (secondary N) is 1. The Morgan fingerprint density at radius 1 is 1.11 bits per heavy atom. The van der Waals surface area contributed by atoms with E-state index in [1.165, 1.54) is 4.31 Å². The summed E-state index contributed by atoms with van der Waals surface area (Å²) in [7, 11) is -3.88. The van der Waals surface area contributed by atoms with Crippen molar-refractivity contribution in [2.24, 2.45) is 0 Å². The molecular formula is C19H20N4O3S2. The van der Waals surface area contributed by atoms with Crippen LogP contribution in [0, 0.1) is 13.8 Å². The highest BCUT2D eigenvalue weighted by atomic mass is 32.2. The van der Waals surface area contributed by atoms with E-state index in [0.29, 0.717) is 11.3 Å². The number of aryl methyl sites for hydroxylation is 2. The highest BCUT2D eigenvalue weighted by molar-refractivity contribution is 7.94. The number of carbonyl (C=O) groups excluding carboxylic acids is 1. The third kappa shape index (κ3) is 4.05. The summed E-state index contributed by atoms with van der Waals surface area (Å²) in [6.45, 7) is 5.72. The maximum atomic E-state index is 13.0. The van der Waals surface area contributed by atoms with Crippen molar-refractivity contribution in [3.05, 3.63) is 65.2 Å². The number of amides is 1. The molecule has 28 heavy (non-hydrogen) atoms. The van der Waals surface area contributed by atoms with E-state index >= 15 is 0 Å². The van der Waals surface area contributed by atoms with Gasteiger partial charge in [0.2, 0.25) is 5.13 Å². The van der Waals surface area contributed by atoms with E-state index in [0.717, 1.165) is 22.5 Å². The predicted octanol–water partition coefficient (Wildman–Crippen LogP) is 3.62. The lowest BCUT2D eigenvalue weighted by Gasteiger charge is -2.21. The predicted molar refractivity (Wildman–Crippen MR) is 110 cm³/mol. The Morgan fingerprint density at radius 2 is 1.86 bits per heavy atom. The van der Waals surface area contributed by atoms with Crippen LogP contribution in [0.3, 0.4) is 0 Å². The maximum absolute atomic E-state index is 13.0.